The summed E-state index contributed by atoms with van der Waals surface area (Å²) in [5.41, 5.74) is 2.81. The molecular formula is C14H17N3O. The highest BCUT2D eigenvalue weighted by Gasteiger charge is 2.16. The minimum atomic E-state index is 0.0148. The van der Waals surface area contributed by atoms with E-state index >= 15 is 0 Å². The van der Waals surface area contributed by atoms with E-state index in [4.69, 9.17) is 0 Å². The van der Waals surface area contributed by atoms with Crippen LogP contribution in [0.15, 0.2) is 29.2 Å². The van der Waals surface area contributed by atoms with Crippen LogP contribution in [0.3, 0.4) is 0 Å². The minimum absolute atomic E-state index is 0.0148. The molecule has 1 fully saturated rings. The van der Waals surface area contributed by atoms with Crippen LogP contribution in [0.1, 0.15) is 17.7 Å². The van der Waals surface area contributed by atoms with Crippen molar-refractivity contribution in [1.82, 2.24) is 14.7 Å². The molecule has 3 heterocycles. The van der Waals surface area contributed by atoms with Gasteiger partial charge in [0, 0.05) is 18.0 Å². The second kappa shape index (κ2) is 4.53. The van der Waals surface area contributed by atoms with E-state index in [1.807, 2.05) is 19.1 Å². The average molecular weight is 243 g/mol. The third-order valence-corrected chi connectivity index (χ3v) is 3.54. The quantitative estimate of drug-likeness (QED) is 0.861. The largest absolute Gasteiger partial charge is 0.316 e. The summed E-state index contributed by atoms with van der Waals surface area (Å²) in [6, 6.07) is 5.55. The molecule has 0 spiro atoms. The van der Waals surface area contributed by atoms with Crippen LogP contribution in [0.25, 0.3) is 5.65 Å². The Balaban J connectivity index is 2.00. The first-order valence-corrected chi connectivity index (χ1v) is 6.42. The Bertz CT molecular complexity index is 626. The van der Waals surface area contributed by atoms with Crippen molar-refractivity contribution in [3.05, 3.63) is 46.0 Å². The summed E-state index contributed by atoms with van der Waals surface area (Å²) in [6.45, 7) is 4.13. The monoisotopic (exact) mass is 243 g/mol. The first-order valence-electron chi connectivity index (χ1n) is 6.42. The van der Waals surface area contributed by atoms with Crippen LogP contribution < -0.4 is 10.9 Å². The first-order chi connectivity index (χ1) is 8.72. The van der Waals surface area contributed by atoms with Crippen LogP contribution in [0, 0.1) is 12.8 Å². The summed E-state index contributed by atoms with van der Waals surface area (Å²) in [5.74, 6) is 0.615. The number of fused-ring (bicyclic) bond motifs is 1. The number of hydrogen-bond acceptors (Lipinski definition) is 3. The van der Waals surface area contributed by atoms with E-state index in [2.05, 4.69) is 10.3 Å². The topological polar surface area (TPSA) is 46.4 Å². The zero-order valence-electron chi connectivity index (χ0n) is 10.5. The van der Waals surface area contributed by atoms with Gasteiger partial charge in [-0.05, 0) is 56.5 Å². The van der Waals surface area contributed by atoms with Crippen molar-refractivity contribution in [2.45, 2.75) is 19.8 Å². The highest BCUT2D eigenvalue weighted by atomic mass is 16.1. The Hall–Kier alpha value is -1.68. The Morgan fingerprint density at radius 1 is 1.50 bits per heavy atom. The van der Waals surface area contributed by atoms with Crippen molar-refractivity contribution in [1.29, 1.82) is 0 Å². The van der Waals surface area contributed by atoms with Gasteiger partial charge in [-0.3, -0.25) is 9.20 Å². The molecule has 1 aliphatic heterocycles. The van der Waals surface area contributed by atoms with Crippen molar-refractivity contribution in [2.75, 3.05) is 13.1 Å². The van der Waals surface area contributed by atoms with Crippen molar-refractivity contribution < 1.29 is 0 Å². The van der Waals surface area contributed by atoms with Gasteiger partial charge >= 0.3 is 0 Å². The lowest BCUT2D eigenvalue weighted by Crippen LogP contribution is -2.18. The summed E-state index contributed by atoms with van der Waals surface area (Å²) >= 11 is 0. The second-order valence-electron chi connectivity index (χ2n) is 5.08. The standard InChI is InChI=1S/C14H17N3O/c1-10-3-5-17-13(6-10)16-12(8-14(17)18)7-11-2-4-15-9-11/h3,5-6,8,11,15H,2,4,7,9H2,1H3. The van der Waals surface area contributed by atoms with Crippen LogP contribution in [0.4, 0.5) is 0 Å². The van der Waals surface area contributed by atoms with Crippen LogP contribution in [-0.4, -0.2) is 22.5 Å². The predicted octanol–water partition coefficient (Wildman–Crippen LogP) is 1.15. The number of pyridine rings is 1. The molecule has 0 radical (unpaired) electrons. The molecule has 0 saturated carbocycles. The smallest absolute Gasteiger partial charge is 0.258 e. The van der Waals surface area contributed by atoms with Crippen LogP contribution in [-0.2, 0) is 6.42 Å². The lowest BCUT2D eigenvalue weighted by atomic mass is 10.0. The van der Waals surface area contributed by atoms with Crippen molar-refractivity contribution >= 4 is 5.65 Å². The second-order valence-corrected chi connectivity index (χ2v) is 5.08. The highest BCUT2D eigenvalue weighted by molar-refractivity contribution is 5.41. The number of rotatable bonds is 2. The average Bonchev–Trinajstić information content (AvgIpc) is 2.81. The van der Waals surface area contributed by atoms with Gasteiger partial charge in [-0.1, -0.05) is 0 Å². The van der Waals surface area contributed by atoms with Crippen molar-refractivity contribution in [2.24, 2.45) is 5.92 Å². The summed E-state index contributed by atoms with van der Waals surface area (Å²) in [7, 11) is 0. The van der Waals surface area contributed by atoms with Crippen LogP contribution in [0.2, 0.25) is 0 Å². The van der Waals surface area contributed by atoms with Gasteiger partial charge in [0.05, 0.1) is 0 Å². The number of hydrogen-bond donors (Lipinski definition) is 1. The maximum absolute atomic E-state index is 12.0. The first kappa shape index (κ1) is 11.4. The lowest BCUT2D eigenvalue weighted by molar-refractivity contribution is 0.571. The molecule has 1 unspecified atom stereocenters. The predicted molar refractivity (Wildman–Crippen MR) is 70.9 cm³/mol. The fourth-order valence-electron chi connectivity index (χ4n) is 2.54. The Kier molecular flexibility index (Phi) is 2.88. The number of aryl methyl sites for hydroxylation is 1. The lowest BCUT2D eigenvalue weighted by Gasteiger charge is -2.08. The third kappa shape index (κ3) is 2.16. The zero-order chi connectivity index (χ0) is 12.5. The molecule has 0 aromatic carbocycles. The fraction of sp³-hybridized carbons (Fsp3) is 0.429. The van der Waals surface area contributed by atoms with E-state index in [9.17, 15) is 4.79 Å². The van der Waals surface area contributed by atoms with Gasteiger partial charge in [-0.15, -0.1) is 0 Å². The Labute approximate surface area is 106 Å². The Morgan fingerprint density at radius 3 is 3.17 bits per heavy atom. The molecular weight excluding hydrogens is 226 g/mol. The SMILES string of the molecule is Cc1ccn2c(=O)cc(CC3CCNC3)nc2c1. The van der Waals surface area contributed by atoms with E-state index < -0.39 is 0 Å². The molecule has 18 heavy (non-hydrogen) atoms. The highest BCUT2D eigenvalue weighted by Crippen LogP contribution is 2.13. The molecule has 3 rings (SSSR count). The van der Waals surface area contributed by atoms with Gasteiger partial charge < -0.3 is 5.32 Å². The maximum Gasteiger partial charge on any atom is 0.258 e. The van der Waals surface area contributed by atoms with Gasteiger partial charge in [-0.25, -0.2) is 4.98 Å². The summed E-state index contributed by atoms with van der Waals surface area (Å²) in [4.78, 5) is 16.6. The molecule has 1 saturated heterocycles. The van der Waals surface area contributed by atoms with Gasteiger partial charge in [0.2, 0.25) is 0 Å². The van der Waals surface area contributed by atoms with Crippen molar-refractivity contribution in [3.63, 3.8) is 0 Å². The zero-order valence-corrected chi connectivity index (χ0v) is 10.5. The normalized spacial score (nSPS) is 19.5. The van der Waals surface area contributed by atoms with Gasteiger partial charge in [0.1, 0.15) is 5.65 Å². The maximum atomic E-state index is 12.0. The van der Waals surface area contributed by atoms with E-state index in [0.29, 0.717) is 5.92 Å². The summed E-state index contributed by atoms with van der Waals surface area (Å²) in [5, 5.41) is 3.34. The van der Waals surface area contributed by atoms with E-state index in [-0.39, 0.29) is 5.56 Å². The number of nitrogens with one attached hydrogen (secondary N) is 1. The van der Waals surface area contributed by atoms with Crippen LogP contribution >= 0.6 is 0 Å². The molecule has 94 valence electrons. The fourth-order valence-corrected chi connectivity index (χ4v) is 2.54. The molecule has 4 heteroatoms. The van der Waals surface area contributed by atoms with Crippen molar-refractivity contribution in [3.8, 4) is 0 Å². The minimum Gasteiger partial charge on any atom is -0.316 e. The summed E-state index contributed by atoms with van der Waals surface area (Å²) in [6.07, 6.45) is 3.86. The molecule has 1 aliphatic rings. The third-order valence-electron chi connectivity index (χ3n) is 3.54. The van der Waals surface area contributed by atoms with E-state index in [1.165, 1.54) is 6.42 Å². The molecule has 0 bridgehead atoms. The molecule has 0 aliphatic carbocycles. The van der Waals surface area contributed by atoms with Gasteiger partial charge in [-0.2, -0.15) is 0 Å². The Morgan fingerprint density at radius 2 is 2.39 bits per heavy atom. The van der Waals surface area contributed by atoms with E-state index in [1.54, 1.807) is 16.7 Å². The molecule has 2 aromatic heterocycles. The molecule has 1 atom stereocenters. The number of aromatic nitrogens is 2. The molecule has 0 amide bonds. The molecule has 2 aromatic rings. The van der Waals surface area contributed by atoms with E-state index in [0.717, 1.165) is 36.4 Å². The van der Waals surface area contributed by atoms with Crippen LogP contribution in [0.5, 0.6) is 0 Å². The molecule has 1 N–H and O–H groups in total. The number of nitrogens with zero attached hydrogens (tertiary/aromatic N) is 2. The van der Waals surface area contributed by atoms with Gasteiger partial charge in [0.15, 0.2) is 0 Å². The molecule has 4 nitrogen and oxygen atoms in total. The summed E-state index contributed by atoms with van der Waals surface area (Å²) < 4.78 is 1.60. The van der Waals surface area contributed by atoms with Gasteiger partial charge in [0.25, 0.3) is 5.56 Å².